The topological polar surface area (TPSA) is 29.5 Å². The van der Waals surface area contributed by atoms with Gasteiger partial charge in [-0.15, -0.1) is 6.58 Å². The lowest BCUT2D eigenvalue weighted by atomic mass is 9.99. The first-order chi connectivity index (χ1) is 13.4. The maximum atomic E-state index is 13.4. The monoisotopic (exact) mass is 399 g/mol. The van der Waals surface area contributed by atoms with Gasteiger partial charge in [-0.1, -0.05) is 47.0 Å². The van der Waals surface area contributed by atoms with E-state index in [-0.39, 0.29) is 11.9 Å². The molecule has 2 aromatic carbocycles. The number of amides is 1. The van der Waals surface area contributed by atoms with Gasteiger partial charge in [0.15, 0.2) is 0 Å². The highest BCUT2D eigenvalue weighted by Crippen LogP contribution is 2.19. The fourth-order valence-electron chi connectivity index (χ4n) is 3.43. The highest BCUT2D eigenvalue weighted by atomic mass is 35.5. The number of carbonyl (C=O) groups excluding carboxylic acids is 1. The number of nitrogens with zero attached hydrogens (tertiary/aromatic N) is 1. The quantitative estimate of drug-likeness (QED) is 0.383. The molecule has 3 nitrogen and oxygen atoms in total. The molecule has 1 unspecified atom stereocenters. The maximum Gasteiger partial charge on any atom is 0.254 e. The average Bonchev–Trinajstić information content (AvgIpc) is 2.65. The molecule has 2 rings (SSSR count). The van der Waals surface area contributed by atoms with Crippen molar-refractivity contribution in [3.63, 3.8) is 0 Å². The number of benzene rings is 2. The van der Waals surface area contributed by atoms with Crippen molar-refractivity contribution in [2.24, 2.45) is 0 Å². The minimum Gasteiger partial charge on any atom is -0.380 e. The Morgan fingerprint density at radius 2 is 1.82 bits per heavy atom. The zero-order valence-corrected chi connectivity index (χ0v) is 17.8. The van der Waals surface area contributed by atoms with E-state index in [0.717, 1.165) is 28.7 Å². The summed E-state index contributed by atoms with van der Waals surface area (Å²) in [6.07, 6.45) is 3.33. The summed E-state index contributed by atoms with van der Waals surface area (Å²) >= 11 is 6.02. The van der Waals surface area contributed by atoms with Gasteiger partial charge in [-0.2, -0.15) is 0 Å². The van der Waals surface area contributed by atoms with E-state index in [1.807, 2.05) is 68.1 Å². The van der Waals surface area contributed by atoms with E-state index in [9.17, 15) is 4.79 Å². The molecular formula is C24H30ClNO2. The van der Waals surface area contributed by atoms with Gasteiger partial charge in [0, 0.05) is 29.8 Å². The van der Waals surface area contributed by atoms with Crippen molar-refractivity contribution >= 4 is 17.5 Å². The molecule has 4 heteroatoms. The Morgan fingerprint density at radius 3 is 2.39 bits per heavy atom. The van der Waals surface area contributed by atoms with Crippen molar-refractivity contribution in [3.8, 4) is 0 Å². The number of halogens is 1. The van der Waals surface area contributed by atoms with E-state index >= 15 is 0 Å². The van der Waals surface area contributed by atoms with Crippen molar-refractivity contribution in [3.05, 3.63) is 82.4 Å². The van der Waals surface area contributed by atoms with Crippen LogP contribution in [0.25, 0.3) is 0 Å². The minimum atomic E-state index is 0.00690. The number of carbonyl (C=O) groups is 1. The smallest absolute Gasteiger partial charge is 0.254 e. The summed E-state index contributed by atoms with van der Waals surface area (Å²) in [5.74, 6) is 0.0346. The normalized spacial score (nSPS) is 11.9. The summed E-state index contributed by atoms with van der Waals surface area (Å²) in [5.41, 5.74) is 4.04. The molecule has 0 heterocycles. The minimum absolute atomic E-state index is 0.00690. The molecule has 28 heavy (non-hydrogen) atoms. The van der Waals surface area contributed by atoms with Crippen molar-refractivity contribution in [2.45, 2.75) is 39.7 Å². The molecule has 0 aliphatic carbocycles. The first-order valence-corrected chi connectivity index (χ1v) is 10.1. The summed E-state index contributed by atoms with van der Waals surface area (Å²) in [5, 5.41) is 0.712. The lowest BCUT2D eigenvalue weighted by Crippen LogP contribution is -2.43. The van der Waals surface area contributed by atoms with Crippen LogP contribution in [-0.4, -0.2) is 36.6 Å². The van der Waals surface area contributed by atoms with E-state index in [0.29, 0.717) is 31.2 Å². The van der Waals surface area contributed by atoms with Gasteiger partial charge in [0.25, 0.3) is 5.91 Å². The molecule has 0 aliphatic heterocycles. The Hall–Kier alpha value is -2.10. The third kappa shape index (κ3) is 6.50. The molecular weight excluding hydrogens is 370 g/mol. The van der Waals surface area contributed by atoms with Crippen LogP contribution in [-0.2, 0) is 11.2 Å². The second-order valence-corrected chi connectivity index (χ2v) is 7.52. The number of aryl methyl sites for hydroxylation is 2. The lowest BCUT2D eigenvalue weighted by Gasteiger charge is -2.32. The first kappa shape index (κ1) is 22.2. The predicted octanol–water partition coefficient (Wildman–Crippen LogP) is 5.62. The van der Waals surface area contributed by atoms with E-state index in [2.05, 4.69) is 12.6 Å². The van der Waals surface area contributed by atoms with Crippen molar-refractivity contribution in [1.29, 1.82) is 0 Å². The van der Waals surface area contributed by atoms with Crippen LogP contribution in [0.15, 0.2) is 55.1 Å². The third-order valence-electron chi connectivity index (χ3n) is 4.67. The Kier molecular flexibility index (Phi) is 8.75. The zero-order valence-electron chi connectivity index (χ0n) is 17.1. The molecule has 150 valence electrons. The molecule has 0 aliphatic rings. The summed E-state index contributed by atoms with van der Waals surface area (Å²) in [6.45, 7) is 11.6. The Morgan fingerprint density at radius 1 is 1.18 bits per heavy atom. The first-order valence-electron chi connectivity index (χ1n) is 9.77. The fraction of sp³-hybridized carbons (Fsp3) is 0.375. The molecule has 0 aromatic heterocycles. The van der Waals surface area contributed by atoms with E-state index in [1.165, 1.54) is 0 Å². The maximum absolute atomic E-state index is 13.4. The van der Waals surface area contributed by atoms with Crippen LogP contribution in [0.2, 0.25) is 5.02 Å². The summed E-state index contributed by atoms with van der Waals surface area (Å²) in [7, 11) is 0. The van der Waals surface area contributed by atoms with Crippen LogP contribution < -0.4 is 0 Å². The molecule has 0 radical (unpaired) electrons. The number of hydrogen-bond donors (Lipinski definition) is 0. The molecule has 0 saturated heterocycles. The molecule has 1 amide bonds. The van der Waals surface area contributed by atoms with Crippen molar-refractivity contribution in [2.75, 3.05) is 19.8 Å². The molecule has 1 atom stereocenters. The van der Waals surface area contributed by atoms with Crippen LogP contribution in [0.3, 0.4) is 0 Å². The third-order valence-corrected chi connectivity index (χ3v) is 4.93. The van der Waals surface area contributed by atoms with Crippen LogP contribution in [0.1, 0.15) is 40.4 Å². The van der Waals surface area contributed by atoms with Gasteiger partial charge in [-0.3, -0.25) is 4.79 Å². The number of hydrogen-bond acceptors (Lipinski definition) is 2. The van der Waals surface area contributed by atoms with Crippen LogP contribution in [0.5, 0.6) is 0 Å². The van der Waals surface area contributed by atoms with E-state index in [4.69, 9.17) is 16.3 Å². The summed E-state index contributed by atoms with van der Waals surface area (Å²) in [4.78, 5) is 15.3. The Bertz CT molecular complexity index is 765. The van der Waals surface area contributed by atoms with Crippen molar-refractivity contribution < 1.29 is 9.53 Å². The van der Waals surface area contributed by atoms with Gasteiger partial charge in [-0.25, -0.2) is 0 Å². The number of ether oxygens (including phenoxy) is 1. The highest BCUT2D eigenvalue weighted by Gasteiger charge is 2.24. The molecule has 2 aromatic rings. The molecule has 0 spiro atoms. The van der Waals surface area contributed by atoms with Gasteiger partial charge in [0.2, 0.25) is 0 Å². The molecule has 0 fully saturated rings. The SMILES string of the molecule is C=CCC(Cc1ccc(Cl)cc1)N(CCOCC)C(=O)c1cc(C)cc(C)c1. The van der Waals surface area contributed by atoms with Crippen molar-refractivity contribution in [1.82, 2.24) is 4.90 Å². The van der Waals surface area contributed by atoms with Gasteiger partial charge < -0.3 is 9.64 Å². The van der Waals surface area contributed by atoms with Gasteiger partial charge in [0.1, 0.15) is 0 Å². The molecule has 0 bridgehead atoms. The second-order valence-electron chi connectivity index (χ2n) is 7.08. The van der Waals surface area contributed by atoms with Crippen LogP contribution in [0, 0.1) is 13.8 Å². The van der Waals surface area contributed by atoms with Gasteiger partial charge >= 0.3 is 0 Å². The second kappa shape index (κ2) is 11.0. The predicted molar refractivity (Wildman–Crippen MR) is 117 cm³/mol. The largest absolute Gasteiger partial charge is 0.380 e. The highest BCUT2D eigenvalue weighted by molar-refractivity contribution is 6.30. The van der Waals surface area contributed by atoms with E-state index in [1.54, 1.807) is 0 Å². The number of rotatable bonds is 10. The van der Waals surface area contributed by atoms with Crippen LogP contribution in [0.4, 0.5) is 0 Å². The van der Waals surface area contributed by atoms with E-state index < -0.39 is 0 Å². The lowest BCUT2D eigenvalue weighted by molar-refractivity contribution is 0.0559. The summed E-state index contributed by atoms with van der Waals surface area (Å²) < 4.78 is 5.55. The zero-order chi connectivity index (χ0) is 20.5. The van der Waals surface area contributed by atoms with Gasteiger partial charge in [-0.05, 0) is 63.4 Å². The average molecular weight is 400 g/mol. The molecule has 0 saturated carbocycles. The van der Waals surface area contributed by atoms with Crippen LogP contribution >= 0.6 is 11.6 Å². The Balaban J connectivity index is 2.31. The standard InChI is InChI=1S/C24H30ClNO2/c1-5-7-23(17-20-8-10-22(25)11-9-20)26(12-13-28-6-2)24(27)21-15-18(3)14-19(4)16-21/h5,8-11,14-16,23H,1,6-7,12-13,17H2,2-4H3. The van der Waals surface area contributed by atoms with Gasteiger partial charge in [0.05, 0.1) is 6.61 Å². The Labute approximate surface area is 174 Å². The molecule has 0 N–H and O–H groups in total. The summed E-state index contributed by atoms with van der Waals surface area (Å²) in [6, 6.07) is 13.8. The fourth-order valence-corrected chi connectivity index (χ4v) is 3.55.